The maximum atomic E-state index is 13.2. The van der Waals surface area contributed by atoms with Crippen LogP contribution in [-0.4, -0.2) is 46.9 Å². The Morgan fingerprint density at radius 3 is 2.57 bits per heavy atom. The van der Waals surface area contributed by atoms with Crippen LogP contribution in [-0.2, 0) is 16.1 Å². The zero-order valence-corrected chi connectivity index (χ0v) is 17.1. The molecule has 7 nitrogen and oxygen atoms in total. The van der Waals surface area contributed by atoms with Crippen LogP contribution in [0.25, 0.3) is 0 Å². The normalized spacial score (nSPS) is 21.4. The Bertz CT molecular complexity index is 935. The minimum atomic E-state index is -0.471. The number of urea groups is 1. The third-order valence-corrected chi connectivity index (χ3v) is 5.70. The second kappa shape index (κ2) is 8.85. The number of carbonyl (C=O) groups excluding carboxylic acids is 3. The number of hydrogen-bond acceptors (Lipinski definition) is 4. The Morgan fingerprint density at radius 1 is 1.10 bits per heavy atom. The second-order valence-corrected chi connectivity index (χ2v) is 7.96. The van der Waals surface area contributed by atoms with Crippen molar-refractivity contribution < 1.29 is 14.4 Å². The van der Waals surface area contributed by atoms with Gasteiger partial charge in [0.1, 0.15) is 6.54 Å². The van der Waals surface area contributed by atoms with Crippen molar-refractivity contribution in [3.63, 3.8) is 0 Å². The molecule has 2 atom stereocenters. The fourth-order valence-corrected chi connectivity index (χ4v) is 4.11. The lowest BCUT2D eigenvalue weighted by atomic mass is 9.91. The van der Waals surface area contributed by atoms with Crippen LogP contribution in [0, 0.1) is 5.92 Å². The Labute approximate surface area is 180 Å². The van der Waals surface area contributed by atoms with Crippen LogP contribution in [0.15, 0.2) is 54.6 Å². The van der Waals surface area contributed by atoms with Gasteiger partial charge < -0.3 is 5.32 Å². The molecule has 2 aliphatic heterocycles. The summed E-state index contributed by atoms with van der Waals surface area (Å²) in [7, 11) is 0. The van der Waals surface area contributed by atoms with Gasteiger partial charge in [0, 0.05) is 10.7 Å². The number of fused-ring (bicyclic) bond motifs is 1. The average molecular weight is 427 g/mol. The Hall–Kier alpha value is -2.90. The molecule has 2 aromatic rings. The van der Waals surface area contributed by atoms with Gasteiger partial charge >= 0.3 is 6.03 Å². The summed E-state index contributed by atoms with van der Waals surface area (Å²) in [5.74, 6) is -0.874. The van der Waals surface area contributed by atoms with Crippen LogP contribution in [0.3, 0.4) is 0 Å². The number of anilines is 1. The van der Waals surface area contributed by atoms with Gasteiger partial charge in [-0.3, -0.25) is 24.7 Å². The van der Waals surface area contributed by atoms with Gasteiger partial charge in [0.15, 0.2) is 0 Å². The van der Waals surface area contributed by atoms with Crippen LogP contribution in [0.1, 0.15) is 18.4 Å². The molecule has 4 amide bonds. The fourth-order valence-electron chi connectivity index (χ4n) is 3.99. The standard InChI is InChI=1S/C22H23ClN4O3/c23-16-10-8-15(9-11-16)13-27-21(29)18-7-4-12-24-20(18)26(22(27)30)14-19(28)25-17-5-2-1-3-6-17/h1-3,5-6,8-11,18,20,24H,4,7,12-14H2,(H,25,28). The number of nitrogens with zero attached hydrogens (tertiary/aromatic N) is 2. The van der Waals surface area contributed by atoms with Crippen molar-refractivity contribution in [3.8, 4) is 0 Å². The number of para-hydroxylation sites is 1. The minimum absolute atomic E-state index is 0.133. The first-order valence-corrected chi connectivity index (χ1v) is 10.4. The second-order valence-electron chi connectivity index (χ2n) is 7.52. The van der Waals surface area contributed by atoms with Crippen LogP contribution in [0.4, 0.5) is 10.5 Å². The summed E-state index contributed by atoms with van der Waals surface area (Å²) in [6.07, 6.45) is 1.05. The SMILES string of the molecule is O=C(CN1C(=O)N(Cc2ccc(Cl)cc2)C(=O)C2CCCNC21)Nc1ccccc1. The summed E-state index contributed by atoms with van der Waals surface area (Å²) in [6.45, 7) is 0.719. The number of amides is 4. The van der Waals surface area contributed by atoms with Crippen LogP contribution < -0.4 is 10.6 Å². The van der Waals surface area contributed by atoms with Crippen molar-refractivity contribution in [3.05, 3.63) is 65.2 Å². The highest BCUT2D eigenvalue weighted by molar-refractivity contribution is 6.30. The predicted octanol–water partition coefficient (Wildman–Crippen LogP) is 3.07. The molecule has 0 saturated carbocycles. The molecule has 30 heavy (non-hydrogen) atoms. The smallest absolute Gasteiger partial charge is 0.325 e. The van der Waals surface area contributed by atoms with Gasteiger partial charge in [-0.2, -0.15) is 0 Å². The first-order chi connectivity index (χ1) is 14.5. The number of carbonyl (C=O) groups is 3. The van der Waals surface area contributed by atoms with Gasteiger partial charge in [0.25, 0.3) is 0 Å². The van der Waals surface area contributed by atoms with Gasteiger partial charge in [-0.05, 0) is 49.2 Å². The molecule has 8 heteroatoms. The molecule has 0 spiro atoms. The largest absolute Gasteiger partial charge is 0.328 e. The molecule has 2 saturated heterocycles. The van der Waals surface area contributed by atoms with E-state index in [1.807, 2.05) is 18.2 Å². The van der Waals surface area contributed by atoms with Gasteiger partial charge in [0.2, 0.25) is 11.8 Å². The molecule has 0 radical (unpaired) electrons. The highest BCUT2D eigenvalue weighted by Crippen LogP contribution is 2.29. The van der Waals surface area contributed by atoms with Crippen molar-refractivity contribution in [2.45, 2.75) is 25.6 Å². The van der Waals surface area contributed by atoms with E-state index in [-0.39, 0.29) is 30.8 Å². The molecular weight excluding hydrogens is 404 g/mol. The van der Waals surface area contributed by atoms with Crippen LogP contribution in [0.2, 0.25) is 5.02 Å². The molecular formula is C22H23ClN4O3. The number of hydrogen-bond donors (Lipinski definition) is 2. The zero-order valence-electron chi connectivity index (χ0n) is 16.4. The van der Waals surface area contributed by atoms with E-state index in [4.69, 9.17) is 11.6 Å². The molecule has 2 heterocycles. The Morgan fingerprint density at radius 2 is 1.83 bits per heavy atom. The van der Waals surface area contributed by atoms with E-state index in [1.54, 1.807) is 36.4 Å². The summed E-state index contributed by atoms with van der Waals surface area (Å²) in [6, 6.07) is 15.7. The third-order valence-electron chi connectivity index (χ3n) is 5.45. The van der Waals surface area contributed by atoms with Crippen molar-refractivity contribution >= 4 is 35.1 Å². The number of halogens is 1. The molecule has 2 aromatic carbocycles. The molecule has 0 aromatic heterocycles. The summed E-state index contributed by atoms with van der Waals surface area (Å²) in [5.41, 5.74) is 1.46. The van der Waals surface area contributed by atoms with Crippen LogP contribution in [0.5, 0.6) is 0 Å². The highest BCUT2D eigenvalue weighted by atomic mass is 35.5. The molecule has 0 bridgehead atoms. The molecule has 2 N–H and O–H groups in total. The summed E-state index contributed by atoms with van der Waals surface area (Å²) < 4.78 is 0. The summed E-state index contributed by atoms with van der Waals surface area (Å²) in [5, 5.41) is 6.65. The van der Waals surface area contributed by atoms with E-state index in [1.165, 1.54) is 9.80 Å². The number of piperidine rings is 1. The van der Waals surface area contributed by atoms with Gasteiger partial charge in [-0.25, -0.2) is 4.79 Å². The molecule has 0 aliphatic carbocycles. The lowest BCUT2D eigenvalue weighted by Gasteiger charge is -2.46. The van der Waals surface area contributed by atoms with Gasteiger partial charge in [-0.15, -0.1) is 0 Å². The first kappa shape index (κ1) is 20.4. The topological polar surface area (TPSA) is 81.8 Å². The number of nitrogens with one attached hydrogen (secondary N) is 2. The number of imide groups is 1. The number of rotatable bonds is 5. The molecule has 156 valence electrons. The van der Waals surface area contributed by atoms with Crippen molar-refractivity contribution in [1.29, 1.82) is 0 Å². The van der Waals surface area contributed by atoms with E-state index in [9.17, 15) is 14.4 Å². The lowest BCUT2D eigenvalue weighted by Crippen LogP contribution is -2.68. The van der Waals surface area contributed by atoms with Crippen molar-refractivity contribution in [2.75, 3.05) is 18.4 Å². The molecule has 2 aliphatic rings. The third kappa shape index (κ3) is 4.32. The van der Waals surface area contributed by atoms with Crippen LogP contribution >= 0.6 is 11.6 Å². The van der Waals surface area contributed by atoms with E-state index >= 15 is 0 Å². The first-order valence-electron chi connectivity index (χ1n) is 9.97. The maximum absolute atomic E-state index is 13.2. The molecule has 4 rings (SSSR count). The van der Waals surface area contributed by atoms with E-state index in [0.717, 1.165) is 12.0 Å². The zero-order chi connectivity index (χ0) is 21.1. The van der Waals surface area contributed by atoms with E-state index in [2.05, 4.69) is 10.6 Å². The summed E-state index contributed by atoms with van der Waals surface area (Å²) >= 11 is 5.94. The fraction of sp³-hybridized carbons (Fsp3) is 0.318. The quantitative estimate of drug-likeness (QED) is 0.769. The maximum Gasteiger partial charge on any atom is 0.328 e. The monoisotopic (exact) mass is 426 g/mol. The van der Waals surface area contributed by atoms with Gasteiger partial charge in [0.05, 0.1) is 18.6 Å². The average Bonchev–Trinajstić information content (AvgIpc) is 2.76. The summed E-state index contributed by atoms with van der Waals surface area (Å²) in [4.78, 5) is 41.7. The highest BCUT2D eigenvalue weighted by Gasteiger charge is 2.47. The Balaban J connectivity index is 1.54. The van der Waals surface area contributed by atoms with Crippen molar-refractivity contribution in [2.24, 2.45) is 5.92 Å². The van der Waals surface area contributed by atoms with Crippen molar-refractivity contribution in [1.82, 2.24) is 15.1 Å². The van der Waals surface area contributed by atoms with E-state index < -0.39 is 12.2 Å². The van der Waals surface area contributed by atoms with E-state index in [0.29, 0.717) is 23.7 Å². The lowest BCUT2D eigenvalue weighted by molar-refractivity contribution is -0.143. The molecule has 2 unspecified atom stereocenters. The molecule has 2 fully saturated rings. The predicted molar refractivity (Wildman–Crippen MR) is 114 cm³/mol. The number of benzene rings is 2. The Kier molecular flexibility index (Phi) is 6.01. The minimum Gasteiger partial charge on any atom is -0.325 e. The van der Waals surface area contributed by atoms with Gasteiger partial charge in [-0.1, -0.05) is 41.9 Å².